The Morgan fingerprint density at radius 1 is 1.12 bits per heavy atom. The molecule has 2 aromatic carbocycles. The van der Waals surface area contributed by atoms with Crippen LogP contribution in [0.4, 0.5) is 11.5 Å². The number of ether oxygens (including phenoxy) is 3. The third kappa shape index (κ3) is 7.03. The van der Waals surface area contributed by atoms with Crippen LogP contribution in [-0.4, -0.2) is 62.7 Å². The van der Waals surface area contributed by atoms with Gasteiger partial charge in [0, 0.05) is 42.6 Å². The highest BCUT2D eigenvalue weighted by Gasteiger charge is 2.38. The van der Waals surface area contributed by atoms with E-state index in [0.29, 0.717) is 59.5 Å². The zero-order valence-corrected chi connectivity index (χ0v) is 28.7. The van der Waals surface area contributed by atoms with Gasteiger partial charge >= 0.3 is 5.97 Å². The number of carboxylic acid groups (broad SMARTS) is 1. The van der Waals surface area contributed by atoms with Crippen molar-refractivity contribution in [1.82, 2.24) is 14.6 Å². The summed E-state index contributed by atoms with van der Waals surface area (Å²) in [6, 6.07) is 15.6. The second-order valence-corrected chi connectivity index (χ2v) is 14.3. The number of benzene rings is 2. The maximum atomic E-state index is 12.8. The monoisotopic (exact) mass is 651 g/mol. The molecule has 2 atom stereocenters. The van der Waals surface area contributed by atoms with Gasteiger partial charge in [-0.05, 0) is 91.3 Å². The zero-order chi connectivity index (χ0) is 34.2. The van der Waals surface area contributed by atoms with Gasteiger partial charge in [0.1, 0.15) is 11.6 Å². The maximum Gasteiger partial charge on any atom is 0.337 e. The molecule has 252 valence electrons. The van der Waals surface area contributed by atoms with Crippen molar-refractivity contribution >= 4 is 23.1 Å². The first-order valence-corrected chi connectivity index (χ1v) is 16.8. The largest absolute Gasteiger partial charge is 0.491 e. The highest BCUT2D eigenvalue weighted by molar-refractivity contribution is 5.80. The molecule has 3 aliphatic rings. The summed E-state index contributed by atoms with van der Waals surface area (Å²) in [5.41, 5.74) is 4.68. The lowest BCUT2D eigenvalue weighted by Crippen LogP contribution is -2.46. The van der Waals surface area contributed by atoms with Crippen LogP contribution in [0.3, 0.4) is 0 Å². The van der Waals surface area contributed by atoms with Crippen LogP contribution in [0.25, 0.3) is 32.9 Å². The van der Waals surface area contributed by atoms with Gasteiger partial charge in [0.15, 0.2) is 17.4 Å². The van der Waals surface area contributed by atoms with Crippen LogP contribution in [0.15, 0.2) is 48.5 Å². The summed E-state index contributed by atoms with van der Waals surface area (Å²) < 4.78 is 21.0. The van der Waals surface area contributed by atoms with Crippen LogP contribution < -0.4 is 9.64 Å². The number of hydrogen-bond donors (Lipinski definition) is 1. The molecule has 5 heterocycles. The molecule has 1 saturated heterocycles. The Morgan fingerprint density at radius 3 is 2.58 bits per heavy atom. The zero-order valence-electron chi connectivity index (χ0n) is 28.7. The molecule has 7 rings (SSSR count). The van der Waals surface area contributed by atoms with Gasteiger partial charge in [-0.3, -0.25) is 0 Å². The summed E-state index contributed by atoms with van der Waals surface area (Å²) in [4.78, 5) is 23.6. The first-order chi connectivity index (χ1) is 22.8. The fourth-order valence-electron chi connectivity index (χ4n) is 6.68. The van der Waals surface area contributed by atoms with E-state index in [1.165, 1.54) is 0 Å². The Balaban J connectivity index is 1.53. The van der Waals surface area contributed by atoms with Gasteiger partial charge in [-0.25, -0.2) is 14.6 Å². The van der Waals surface area contributed by atoms with Crippen LogP contribution in [-0.2, 0) is 14.3 Å². The molecule has 0 spiro atoms. The number of rotatable bonds is 3. The van der Waals surface area contributed by atoms with Gasteiger partial charge in [-0.15, -0.1) is 0 Å². The molecule has 1 N–H and O–H groups in total. The van der Waals surface area contributed by atoms with Gasteiger partial charge in [-0.1, -0.05) is 30.3 Å². The predicted octanol–water partition coefficient (Wildman–Crippen LogP) is 8.19. The summed E-state index contributed by atoms with van der Waals surface area (Å²) in [6.07, 6.45) is 3.04. The third-order valence-corrected chi connectivity index (χ3v) is 9.23. The van der Waals surface area contributed by atoms with Crippen molar-refractivity contribution in [1.29, 1.82) is 0 Å². The van der Waals surface area contributed by atoms with E-state index in [1.54, 1.807) is 4.52 Å². The summed E-state index contributed by atoms with van der Waals surface area (Å²) in [6.45, 7) is 21.2. The molecular formula is C38H45N5O5. The lowest BCUT2D eigenvalue weighted by Gasteiger charge is -2.41. The van der Waals surface area contributed by atoms with Crippen molar-refractivity contribution in [2.45, 2.75) is 97.1 Å². The Hall–Kier alpha value is -4.46. The van der Waals surface area contributed by atoms with Crippen LogP contribution >= 0.6 is 0 Å². The number of carboxylic acids is 1. The van der Waals surface area contributed by atoms with Crippen LogP contribution in [0.5, 0.6) is 5.75 Å². The molecule has 10 nitrogen and oxygen atoms in total. The van der Waals surface area contributed by atoms with Gasteiger partial charge < -0.3 is 24.2 Å². The predicted molar refractivity (Wildman–Crippen MR) is 186 cm³/mol. The highest BCUT2D eigenvalue weighted by Crippen LogP contribution is 2.40. The molecule has 4 aromatic rings. The summed E-state index contributed by atoms with van der Waals surface area (Å²) >= 11 is 0. The molecule has 10 heteroatoms. The second kappa shape index (κ2) is 13.2. The van der Waals surface area contributed by atoms with E-state index in [9.17, 15) is 9.90 Å². The molecule has 0 saturated carbocycles. The molecule has 48 heavy (non-hydrogen) atoms. The molecule has 0 unspecified atom stereocenters. The Morgan fingerprint density at radius 2 is 1.88 bits per heavy atom. The molecule has 0 radical (unpaired) electrons. The van der Waals surface area contributed by atoms with Crippen LogP contribution in [0.1, 0.15) is 84.1 Å². The number of carbonyl (C=O) groups is 1. The topological polar surface area (TPSA) is 103 Å². The van der Waals surface area contributed by atoms with Crippen molar-refractivity contribution < 1.29 is 24.1 Å². The van der Waals surface area contributed by atoms with Crippen molar-refractivity contribution in [3.05, 3.63) is 71.2 Å². The molecular weight excluding hydrogens is 606 g/mol. The number of piperidine rings is 1. The van der Waals surface area contributed by atoms with E-state index in [1.807, 2.05) is 70.2 Å². The number of aromatic nitrogens is 3. The summed E-state index contributed by atoms with van der Waals surface area (Å²) in [7, 11) is 0. The standard InChI is InChI=1S/C38H45N5O5/c1-24-11-8-9-20-46-38(6)16-18-42(19-17-38)35-33(34(36(44)45)48-37(3,4)5)25(2)40-32-23-30(41-43(32)35)27-13-10-12-26(21-27)29-15-14-28(39-7)22-31(29)47-24/h10,12-15,21-24,34H,8-9,11,16-20H2,1-6H3,(H,44,45)/t24-,34-/m0/s1. The quantitative estimate of drug-likeness (QED) is 0.221. The van der Waals surface area contributed by atoms with Crippen LogP contribution in [0, 0.1) is 13.5 Å². The van der Waals surface area contributed by atoms with Crippen molar-refractivity contribution in [2.75, 3.05) is 24.6 Å². The van der Waals surface area contributed by atoms with E-state index in [0.717, 1.165) is 48.8 Å². The smallest absolute Gasteiger partial charge is 0.337 e. The van der Waals surface area contributed by atoms with Gasteiger partial charge in [-0.2, -0.15) is 9.61 Å². The minimum atomic E-state index is -1.23. The first-order valence-electron chi connectivity index (χ1n) is 16.8. The van der Waals surface area contributed by atoms with Crippen molar-refractivity contribution in [3.63, 3.8) is 0 Å². The number of aryl methyl sites for hydroxylation is 1. The number of nitrogens with zero attached hydrogens (tertiary/aromatic N) is 5. The Kier molecular flexibility index (Phi) is 9.20. The second-order valence-electron chi connectivity index (χ2n) is 14.3. The van der Waals surface area contributed by atoms with E-state index < -0.39 is 17.7 Å². The number of aliphatic carboxylic acids is 1. The van der Waals surface area contributed by atoms with Gasteiger partial charge in [0.25, 0.3) is 0 Å². The summed E-state index contributed by atoms with van der Waals surface area (Å²) in [5.74, 6) is 0.292. The fourth-order valence-corrected chi connectivity index (χ4v) is 6.68. The number of anilines is 1. The summed E-state index contributed by atoms with van der Waals surface area (Å²) in [5, 5.41) is 15.6. The number of fused-ring (bicyclic) bond motifs is 8. The normalized spacial score (nSPS) is 20.9. The first kappa shape index (κ1) is 33.4. The molecule has 3 aliphatic heterocycles. The van der Waals surface area contributed by atoms with Crippen LogP contribution in [0.2, 0.25) is 0 Å². The fraction of sp³-hybridized carbons (Fsp3) is 0.474. The lowest BCUT2D eigenvalue weighted by atomic mass is 9.92. The Labute approximate surface area is 282 Å². The third-order valence-electron chi connectivity index (χ3n) is 9.23. The molecule has 0 amide bonds. The number of hydrogen-bond acceptors (Lipinski definition) is 7. The molecule has 1 fully saturated rings. The molecule has 2 aromatic heterocycles. The van der Waals surface area contributed by atoms with E-state index in [4.69, 9.17) is 30.9 Å². The Bertz CT molecular complexity index is 1860. The van der Waals surface area contributed by atoms with E-state index in [-0.39, 0.29) is 11.7 Å². The lowest BCUT2D eigenvalue weighted by molar-refractivity contribution is -0.160. The average molecular weight is 652 g/mol. The molecule has 6 bridgehead atoms. The van der Waals surface area contributed by atoms with Gasteiger partial charge in [0.2, 0.25) is 0 Å². The minimum Gasteiger partial charge on any atom is -0.491 e. The van der Waals surface area contributed by atoms with Crippen molar-refractivity contribution in [3.8, 4) is 28.1 Å². The minimum absolute atomic E-state index is 0.0328. The SMILES string of the molecule is [C-]#[N+]c1ccc2c(c1)O[C@@H](C)CCCCOC1(C)CCN(CC1)c1c([C@H](OC(C)(C)C)C(=O)O)c(C)nc3cc(nn13)-c1cccc-2c1. The average Bonchev–Trinajstić information content (AvgIpc) is 3.46. The van der Waals surface area contributed by atoms with Gasteiger partial charge in [0.05, 0.1) is 35.1 Å². The van der Waals surface area contributed by atoms with E-state index in [2.05, 4.69) is 29.7 Å². The van der Waals surface area contributed by atoms with E-state index >= 15 is 0 Å². The maximum absolute atomic E-state index is 12.8. The van der Waals surface area contributed by atoms with Crippen molar-refractivity contribution in [2.24, 2.45) is 0 Å². The highest BCUT2D eigenvalue weighted by atomic mass is 16.5. The molecule has 0 aliphatic carbocycles.